The van der Waals surface area contributed by atoms with E-state index in [9.17, 15) is 8.42 Å². The first-order valence-electron chi connectivity index (χ1n) is 6.44. The summed E-state index contributed by atoms with van der Waals surface area (Å²) in [5.41, 5.74) is -0.0591. The summed E-state index contributed by atoms with van der Waals surface area (Å²) in [4.78, 5) is -0.0737. The first-order chi connectivity index (χ1) is 9.61. The number of hydrogen-bond donors (Lipinski definition) is 2. The van der Waals surface area contributed by atoms with Crippen LogP contribution in [-0.2, 0) is 10.0 Å². The van der Waals surface area contributed by atoms with E-state index in [1.165, 1.54) is 18.2 Å². The number of aliphatic hydroxyl groups is 1. The van der Waals surface area contributed by atoms with Crippen LogP contribution >= 0.6 is 11.6 Å². The molecule has 5 nitrogen and oxygen atoms in total. The number of nitriles is 1. The molecule has 0 amide bonds. The van der Waals surface area contributed by atoms with Crippen LogP contribution in [0.3, 0.4) is 0 Å². The van der Waals surface area contributed by atoms with Gasteiger partial charge in [-0.15, -0.1) is 0 Å². The Morgan fingerprint density at radius 3 is 2.48 bits per heavy atom. The molecule has 0 heterocycles. The predicted octanol–water partition coefficient (Wildman–Crippen LogP) is 2.29. The molecule has 1 unspecified atom stereocenters. The minimum atomic E-state index is -3.82. The lowest BCUT2D eigenvalue weighted by atomic mass is 9.86. The smallest absolute Gasteiger partial charge is 0.242 e. The van der Waals surface area contributed by atoms with Gasteiger partial charge in [-0.3, -0.25) is 0 Å². The van der Waals surface area contributed by atoms with E-state index in [1.54, 1.807) is 0 Å². The fourth-order valence-corrected chi connectivity index (χ4v) is 3.86. The Balaban J connectivity index is 3.14. The van der Waals surface area contributed by atoms with E-state index >= 15 is 0 Å². The Kier molecular flexibility index (Phi) is 5.76. The van der Waals surface area contributed by atoms with Crippen LogP contribution in [0.1, 0.15) is 32.8 Å². The van der Waals surface area contributed by atoms with Crippen LogP contribution in [0, 0.1) is 16.7 Å². The van der Waals surface area contributed by atoms with E-state index < -0.39 is 16.1 Å². The molecule has 1 aromatic carbocycles. The van der Waals surface area contributed by atoms with Crippen molar-refractivity contribution in [2.24, 2.45) is 5.41 Å². The molecule has 1 rings (SSSR count). The molecule has 0 aliphatic carbocycles. The summed E-state index contributed by atoms with van der Waals surface area (Å²) in [6.07, 6.45) is 0.302. The van der Waals surface area contributed by atoms with Crippen molar-refractivity contribution in [3.05, 3.63) is 28.8 Å². The average Bonchev–Trinajstić information content (AvgIpc) is 2.36. The molecule has 2 N–H and O–H groups in total. The van der Waals surface area contributed by atoms with E-state index in [1.807, 2.05) is 26.8 Å². The number of benzene rings is 1. The molecule has 0 spiro atoms. The van der Waals surface area contributed by atoms with Gasteiger partial charge >= 0.3 is 0 Å². The third-order valence-electron chi connectivity index (χ3n) is 3.11. The second kappa shape index (κ2) is 6.75. The van der Waals surface area contributed by atoms with Gasteiger partial charge in [0.15, 0.2) is 0 Å². The zero-order valence-electron chi connectivity index (χ0n) is 12.2. The second-order valence-electron chi connectivity index (χ2n) is 5.81. The molecular weight excluding hydrogens is 312 g/mol. The highest BCUT2D eigenvalue weighted by atomic mass is 35.5. The third-order valence-corrected chi connectivity index (χ3v) is 5.07. The van der Waals surface area contributed by atoms with Crippen molar-refractivity contribution >= 4 is 21.6 Å². The van der Waals surface area contributed by atoms with E-state index in [-0.39, 0.29) is 21.9 Å². The van der Waals surface area contributed by atoms with Gasteiger partial charge in [-0.05, 0) is 30.0 Å². The molecule has 0 fully saturated rings. The Morgan fingerprint density at radius 2 is 2.05 bits per heavy atom. The van der Waals surface area contributed by atoms with Gasteiger partial charge in [-0.2, -0.15) is 5.26 Å². The highest BCUT2D eigenvalue weighted by Crippen LogP contribution is 2.27. The fourth-order valence-electron chi connectivity index (χ4n) is 1.84. The quantitative estimate of drug-likeness (QED) is 0.866. The maximum Gasteiger partial charge on any atom is 0.242 e. The monoisotopic (exact) mass is 330 g/mol. The van der Waals surface area contributed by atoms with Crippen molar-refractivity contribution in [3.8, 4) is 6.07 Å². The zero-order valence-corrected chi connectivity index (χ0v) is 13.8. The van der Waals surface area contributed by atoms with Crippen molar-refractivity contribution < 1.29 is 13.5 Å². The molecule has 0 aliphatic rings. The topological polar surface area (TPSA) is 90.2 Å². The number of hydrogen-bond acceptors (Lipinski definition) is 4. The minimum absolute atomic E-state index is 0.00166. The van der Waals surface area contributed by atoms with Gasteiger partial charge in [0.25, 0.3) is 0 Å². The highest BCUT2D eigenvalue weighted by Gasteiger charge is 2.30. The predicted molar refractivity (Wildman–Crippen MR) is 81.4 cm³/mol. The lowest BCUT2D eigenvalue weighted by Gasteiger charge is -2.31. The van der Waals surface area contributed by atoms with Gasteiger partial charge in [0.1, 0.15) is 4.90 Å². The lowest BCUT2D eigenvalue weighted by molar-refractivity contribution is 0.214. The van der Waals surface area contributed by atoms with Gasteiger partial charge in [0, 0.05) is 12.6 Å². The van der Waals surface area contributed by atoms with Crippen LogP contribution in [-0.4, -0.2) is 26.2 Å². The number of aliphatic hydroxyl groups excluding tert-OH is 1. The Hall–Kier alpha value is -1.13. The summed E-state index contributed by atoms with van der Waals surface area (Å²) in [5, 5.41) is 17.9. The fraction of sp³-hybridized carbons (Fsp3) is 0.500. The van der Waals surface area contributed by atoms with Gasteiger partial charge in [0.2, 0.25) is 10.0 Å². The average molecular weight is 331 g/mol. The molecule has 0 radical (unpaired) electrons. The first kappa shape index (κ1) is 17.9. The van der Waals surface area contributed by atoms with Crippen LogP contribution in [0.15, 0.2) is 23.1 Å². The van der Waals surface area contributed by atoms with Gasteiger partial charge in [0.05, 0.1) is 16.7 Å². The van der Waals surface area contributed by atoms with Gasteiger partial charge < -0.3 is 5.11 Å². The summed E-state index contributed by atoms with van der Waals surface area (Å²) in [6, 6.07) is 5.49. The van der Waals surface area contributed by atoms with E-state index in [0.717, 1.165) is 0 Å². The summed E-state index contributed by atoms with van der Waals surface area (Å²) in [6.45, 7) is 5.54. The minimum Gasteiger partial charge on any atom is -0.396 e. The normalized spacial score (nSPS) is 13.7. The molecule has 21 heavy (non-hydrogen) atoms. The van der Waals surface area contributed by atoms with E-state index in [0.29, 0.717) is 12.0 Å². The molecule has 0 saturated carbocycles. The molecule has 0 aliphatic heterocycles. The number of nitrogens with one attached hydrogen (secondary N) is 1. The second-order valence-corrected chi connectivity index (χ2v) is 7.90. The number of halogens is 1. The molecule has 116 valence electrons. The number of rotatable bonds is 5. The van der Waals surface area contributed by atoms with Gasteiger partial charge in [-0.1, -0.05) is 32.4 Å². The van der Waals surface area contributed by atoms with Crippen LogP contribution < -0.4 is 4.72 Å². The number of sulfonamides is 1. The van der Waals surface area contributed by atoms with Crippen LogP contribution in [0.25, 0.3) is 0 Å². The van der Waals surface area contributed by atoms with Crippen molar-refractivity contribution in [1.29, 1.82) is 5.26 Å². The standard InChI is InChI=1S/C14H19ClN2O3S/c1-14(2,3)13(6-7-18)17-21(19,20)12-5-4-10(9-16)8-11(12)15/h4-5,8,13,17-18H,6-7H2,1-3H3. The van der Waals surface area contributed by atoms with E-state index in [4.69, 9.17) is 22.0 Å². The van der Waals surface area contributed by atoms with Crippen LogP contribution in [0.5, 0.6) is 0 Å². The van der Waals surface area contributed by atoms with Crippen molar-refractivity contribution in [2.75, 3.05) is 6.61 Å². The summed E-state index contributed by atoms with van der Waals surface area (Å²) in [7, 11) is -3.82. The third kappa shape index (κ3) is 4.68. The Bertz CT molecular complexity index is 645. The summed E-state index contributed by atoms with van der Waals surface area (Å²) < 4.78 is 27.4. The molecule has 1 aromatic rings. The SMILES string of the molecule is CC(C)(C)C(CCO)NS(=O)(=O)c1ccc(C#N)cc1Cl. The molecule has 0 saturated heterocycles. The molecule has 0 bridgehead atoms. The Morgan fingerprint density at radius 1 is 1.43 bits per heavy atom. The van der Waals surface area contributed by atoms with Gasteiger partial charge in [-0.25, -0.2) is 13.1 Å². The van der Waals surface area contributed by atoms with Crippen LogP contribution in [0.2, 0.25) is 5.02 Å². The van der Waals surface area contributed by atoms with Crippen LogP contribution in [0.4, 0.5) is 0 Å². The Labute approximate surface area is 130 Å². The number of nitrogens with zero attached hydrogens (tertiary/aromatic N) is 1. The van der Waals surface area contributed by atoms with E-state index in [2.05, 4.69) is 4.72 Å². The maximum atomic E-state index is 12.4. The van der Waals surface area contributed by atoms with Crippen molar-refractivity contribution in [1.82, 2.24) is 4.72 Å². The lowest BCUT2D eigenvalue weighted by Crippen LogP contribution is -2.44. The summed E-state index contributed by atoms with van der Waals surface area (Å²) in [5.74, 6) is 0. The van der Waals surface area contributed by atoms with Crippen molar-refractivity contribution in [3.63, 3.8) is 0 Å². The maximum absolute atomic E-state index is 12.4. The van der Waals surface area contributed by atoms with Crippen molar-refractivity contribution in [2.45, 2.75) is 38.1 Å². The summed E-state index contributed by atoms with van der Waals surface area (Å²) >= 11 is 5.95. The molecule has 1 atom stereocenters. The zero-order chi connectivity index (χ0) is 16.3. The first-order valence-corrected chi connectivity index (χ1v) is 8.31. The molecule has 7 heteroatoms. The molecular formula is C14H19ClN2O3S. The molecule has 0 aromatic heterocycles. The highest BCUT2D eigenvalue weighted by molar-refractivity contribution is 7.89. The largest absolute Gasteiger partial charge is 0.396 e.